The van der Waals surface area contributed by atoms with E-state index in [4.69, 9.17) is 35.9 Å². The molecule has 0 unspecified atom stereocenters. The van der Waals surface area contributed by atoms with E-state index in [9.17, 15) is 0 Å². The van der Waals surface area contributed by atoms with Crippen molar-refractivity contribution >= 4 is 46.2 Å². The van der Waals surface area contributed by atoms with E-state index in [-0.39, 0.29) is 0 Å². The van der Waals surface area contributed by atoms with E-state index in [2.05, 4.69) is 21.1 Å². The molecular formula is C13H25N7S3. The Kier molecular flexibility index (Phi) is 9.26. The number of nitrogens with two attached hydrogens (primary N) is 2. The summed E-state index contributed by atoms with van der Waals surface area (Å²) in [5, 5.41) is 7.51. The van der Waals surface area contributed by atoms with E-state index in [1.165, 1.54) is 16.4 Å². The predicted octanol–water partition coefficient (Wildman–Crippen LogP) is -0.327. The maximum atomic E-state index is 5.52. The topological polar surface area (TPSA) is 95.5 Å². The maximum absolute atomic E-state index is 5.52. The first-order valence-electron chi connectivity index (χ1n) is 7.27. The molecule has 0 atom stereocenters. The molecule has 0 saturated heterocycles. The van der Waals surface area contributed by atoms with Gasteiger partial charge in [-0.2, -0.15) is 4.37 Å². The Bertz CT molecular complexity index is 463. The van der Waals surface area contributed by atoms with Crippen LogP contribution in [-0.2, 0) is 13.1 Å². The number of thiocarbonyl (C=S) groups is 2. The highest BCUT2D eigenvalue weighted by Gasteiger charge is 2.03. The summed E-state index contributed by atoms with van der Waals surface area (Å²) in [6, 6.07) is 2.11. The van der Waals surface area contributed by atoms with Gasteiger partial charge >= 0.3 is 0 Å². The van der Waals surface area contributed by atoms with Gasteiger partial charge in [0, 0.05) is 58.2 Å². The fraction of sp³-hybridized carbons (Fsp3) is 0.615. The van der Waals surface area contributed by atoms with Crippen LogP contribution in [0.15, 0.2) is 6.07 Å². The molecule has 1 rings (SSSR count). The standard InChI is InChI=1S/C13H25N7S3/c1-19(12(14)21)5-3-16-8-10-7-11(23-18-10)9-17-4-6-20(2)13(15)22/h7,16-17H,3-6,8-9H2,1-2H3,(H2,14,21)(H2,15,22). The smallest absolute Gasteiger partial charge is 0.166 e. The lowest BCUT2D eigenvalue weighted by Gasteiger charge is -2.16. The predicted molar refractivity (Wildman–Crippen MR) is 104 cm³/mol. The van der Waals surface area contributed by atoms with Gasteiger partial charge in [0.2, 0.25) is 0 Å². The largest absolute Gasteiger partial charge is 0.376 e. The summed E-state index contributed by atoms with van der Waals surface area (Å²) in [5.41, 5.74) is 12.1. The number of likely N-dealkylation sites (N-methyl/N-ethyl adjacent to an activating group) is 2. The first-order chi connectivity index (χ1) is 10.9. The summed E-state index contributed by atoms with van der Waals surface area (Å²) in [6.45, 7) is 4.75. The normalized spacial score (nSPS) is 10.5. The van der Waals surface area contributed by atoms with Crippen LogP contribution in [-0.4, -0.2) is 64.7 Å². The number of hydrogen-bond donors (Lipinski definition) is 4. The van der Waals surface area contributed by atoms with Crippen LogP contribution in [0.1, 0.15) is 10.6 Å². The Hall–Kier alpha value is -1.07. The molecule has 6 N–H and O–H groups in total. The highest BCUT2D eigenvalue weighted by molar-refractivity contribution is 7.80. The molecule has 0 spiro atoms. The first-order valence-corrected chi connectivity index (χ1v) is 8.86. The molecular weight excluding hydrogens is 350 g/mol. The Morgan fingerprint density at radius 2 is 1.61 bits per heavy atom. The van der Waals surface area contributed by atoms with Gasteiger partial charge < -0.3 is 31.9 Å². The van der Waals surface area contributed by atoms with Crippen molar-refractivity contribution < 1.29 is 0 Å². The van der Waals surface area contributed by atoms with E-state index in [0.717, 1.165) is 45.0 Å². The van der Waals surface area contributed by atoms with E-state index in [1.807, 2.05) is 23.9 Å². The molecule has 0 radical (unpaired) electrons. The third-order valence-corrected chi connectivity index (χ3v) is 4.66. The highest BCUT2D eigenvalue weighted by atomic mass is 32.1. The molecule has 10 heteroatoms. The Morgan fingerprint density at radius 1 is 1.09 bits per heavy atom. The van der Waals surface area contributed by atoms with Crippen LogP contribution in [0.4, 0.5) is 0 Å². The van der Waals surface area contributed by atoms with Crippen molar-refractivity contribution in [3.63, 3.8) is 0 Å². The highest BCUT2D eigenvalue weighted by Crippen LogP contribution is 2.09. The molecule has 0 aliphatic carbocycles. The summed E-state index contributed by atoms with van der Waals surface area (Å²) in [5.74, 6) is 0. The summed E-state index contributed by atoms with van der Waals surface area (Å²) < 4.78 is 4.43. The summed E-state index contributed by atoms with van der Waals surface area (Å²) >= 11 is 11.3. The molecule has 23 heavy (non-hydrogen) atoms. The zero-order valence-electron chi connectivity index (χ0n) is 13.5. The van der Waals surface area contributed by atoms with E-state index >= 15 is 0 Å². The van der Waals surface area contributed by atoms with Crippen molar-refractivity contribution in [1.82, 2.24) is 24.8 Å². The van der Waals surface area contributed by atoms with Gasteiger partial charge in [-0.1, -0.05) is 0 Å². The minimum absolute atomic E-state index is 0.412. The van der Waals surface area contributed by atoms with Gasteiger partial charge in [-0.25, -0.2) is 0 Å². The summed E-state index contributed by atoms with van der Waals surface area (Å²) in [7, 11) is 3.76. The monoisotopic (exact) mass is 375 g/mol. The molecule has 7 nitrogen and oxygen atoms in total. The van der Waals surface area contributed by atoms with Crippen molar-refractivity contribution in [3.8, 4) is 0 Å². The molecule has 0 bridgehead atoms. The van der Waals surface area contributed by atoms with Crippen molar-refractivity contribution in [2.75, 3.05) is 40.3 Å². The molecule has 0 aromatic carbocycles. The van der Waals surface area contributed by atoms with Crippen molar-refractivity contribution in [1.29, 1.82) is 0 Å². The molecule has 0 aliphatic rings. The van der Waals surface area contributed by atoms with Gasteiger partial charge in [-0.05, 0) is 42.0 Å². The number of nitrogens with one attached hydrogen (secondary N) is 2. The van der Waals surface area contributed by atoms with Crippen LogP contribution in [0.2, 0.25) is 0 Å². The SMILES string of the molecule is CN(CCNCc1cc(CNCCN(C)C(N)=S)sn1)C(N)=S. The van der Waals surface area contributed by atoms with Crippen molar-refractivity contribution in [2.24, 2.45) is 11.5 Å². The number of nitrogens with zero attached hydrogens (tertiary/aromatic N) is 3. The molecule has 1 aromatic rings. The number of hydrogen-bond acceptors (Lipinski definition) is 6. The molecule has 0 fully saturated rings. The minimum atomic E-state index is 0.412. The zero-order valence-corrected chi connectivity index (χ0v) is 16.0. The van der Waals surface area contributed by atoms with Gasteiger partial charge in [0.1, 0.15) is 0 Å². The third kappa shape index (κ3) is 8.37. The van der Waals surface area contributed by atoms with Crippen LogP contribution >= 0.6 is 36.0 Å². The molecule has 0 aliphatic heterocycles. The zero-order chi connectivity index (χ0) is 17.2. The average molecular weight is 376 g/mol. The van der Waals surface area contributed by atoms with Gasteiger partial charge in [0.25, 0.3) is 0 Å². The minimum Gasteiger partial charge on any atom is -0.376 e. The summed E-state index contributed by atoms with van der Waals surface area (Å²) in [4.78, 5) is 4.89. The van der Waals surface area contributed by atoms with Gasteiger partial charge in [0.05, 0.1) is 5.69 Å². The Balaban J connectivity index is 2.17. The fourth-order valence-corrected chi connectivity index (χ4v) is 2.55. The molecule has 1 heterocycles. The lowest BCUT2D eigenvalue weighted by atomic mass is 10.3. The average Bonchev–Trinajstić information content (AvgIpc) is 2.95. The second-order valence-corrected chi connectivity index (χ2v) is 6.88. The first kappa shape index (κ1) is 20.0. The van der Waals surface area contributed by atoms with Crippen molar-refractivity contribution in [3.05, 3.63) is 16.6 Å². The maximum Gasteiger partial charge on any atom is 0.166 e. The lowest BCUT2D eigenvalue weighted by Crippen LogP contribution is -2.37. The second-order valence-electron chi connectivity index (χ2n) is 5.16. The van der Waals surface area contributed by atoms with Crippen LogP contribution in [0.5, 0.6) is 0 Å². The van der Waals surface area contributed by atoms with Crippen LogP contribution in [0.25, 0.3) is 0 Å². The van der Waals surface area contributed by atoms with Gasteiger partial charge in [0.15, 0.2) is 10.2 Å². The van der Waals surface area contributed by atoms with E-state index in [1.54, 1.807) is 0 Å². The van der Waals surface area contributed by atoms with Crippen LogP contribution in [0.3, 0.4) is 0 Å². The van der Waals surface area contributed by atoms with Gasteiger partial charge in [-0.15, -0.1) is 0 Å². The van der Waals surface area contributed by atoms with Crippen molar-refractivity contribution in [2.45, 2.75) is 13.1 Å². The molecule has 0 amide bonds. The number of rotatable bonds is 10. The molecule has 130 valence electrons. The second kappa shape index (κ2) is 10.7. The number of aromatic nitrogens is 1. The van der Waals surface area contributed by atoms with Gasteiger partial charge in [-0.3, -0.25) is 0 Å². The van der Waals surface area contributed by atoms with E-state index in [0.29, 0.717) is 10.2 Å². The Labute approximate surface area is 152 Å². The quantitative estimate of drug-likeness (QED) is 0.324. The summed E-state index contributed by atoms with van der Waals surface area (Å²) in [6.07, 6.45) is 0. The van der Waals surface area contributed by atoms with Crippen LogP contribution < -0.4 is 22.1 Å². The fourth-order valence-electron chi connectivity index (χ4n) is 1.66. The van der Waals surface area contributed by atoms with Crippen LogP contribution in [0, 0.1) is 0 Å². The lowest BCUT2D eigenvalue weighted by molar-refractivity contribution is 0.483. The third-order valence-electron chi connectivity index (χ3n) is 3.21. The van der Waals surface area contributed by atoms with E-state index < -0.39 is 0 Å². The molecule has 0 saturated carbocycles. The molecule has 1 aromatic heterocycles. The Morgan fingerprint density at radius 3 is 2.13 bits per heavy atom.